The van der Waals surface area contributed by atoms with Crippen molar-refractivity contribution in [2.45, 2.75) is 17.9 Å². The molecule has 0 saturated carbocycles. The average molecular weight is 355 g/mol. The fourth-order valence-corrected chi connectivity index (χ4v) is 4.39. The van der Waals surface area contributed by atoms with Crippen LogP contribution in [0.25, 0.3) is 0 Å². The van der Waals surface area contributed by atoms with E-state index in [2.05, 4.69) is 4.72 Å². The molecule has 1 aromatic carbocycles. The largest absolute Gasteiger partial charge is 0.389 e. The van der Waals surface area contributed by atoms with Crippen LogP contribution in [0, 0.1) is 0 Å². The van der Waals surface area contributed by atoms with Crippen molar-refractivity contribution in [3.63, 3.8) is 0 Å². The third-order valence-electron chi connectivity index (χ3n) is 2.35. The topological polar surface area (TPSA) is 89.3 Å². The first kappa shape index (κ1) is 17.5. The lowest BCUT2D eigenvalue weighted by Gasteiger charge is -2.14. The van der Waals surface area contributed by atoms with Crippen molar-refractivity contribution >= 4 is 49.6 Å². The van der Waals surface area contributed by atoms with E-state index in [1.54, 1.807) is 6.92 Å². The Balaban J connectivity index is 3.04. The molecular weight excluding hydrogens is 340 g/mol. The highest BCUT2D eigenvalue weighted by molar-refractivity contribution is 7.89. The highest BCUT2D eigenvalue weighted by atomic mass is 35.5. The predicted octanol–water partition coefficient (Wildman–Crippen LogP) is 1.02. The zero-order valence-electron chi connectivity index (χ0n) is 10.9. The van der Waals surface area contributed by atoms with E-state index in [4.69, 9.17) is 29.6 Å². The molecule has 0 fully saturated rings. The number of sulfonamides is 1. The number of hydrogen-bond acceptors (Lipinski definition) is 4. The number of nitrogens with two attached hydrogens (primary N) is 1. The van der Waals surface area contributed by atoms with Crippen LogP contribution < -0.4 is 10.5 Å². The first-order valence-electron chi connectivity index (χ1n) is 5.55. The van der Waals surface area contributed by atoms with Gasteiger partial charge in [0.05, 0.1) is 5.02 Å². The number of nitrogens with one attached hydrogen (secondary N) is 1. The van der Waals surface area contributed by atoms with Gasteiger partial charge >= 0.3 is 0 Å². The molecule has 5 nitrogen and oxygen atoms in total. The molecule has 0 spiro atoms. The van der Waals surface area contributed by atoms with E-state index in [9.17, 15) is 12.6 Å². The van der Waals surface area contributed by atoms with Crippen molar-refractivity contribution in [3.05, 3.63) is 28.8 Å². The summed E-state index contributed by atoms with van der Waals surface area (Å²) in [5, 5.41) is 0.0348. The van der Waals surface area contributed by atoms with Crippen LogP contribution in [-0.4, -0.2) is 35.7 Å². The number of hydrogen-bond donors (Lipinski definition) is 2. The lowest BCUT2D eigenvalue weighted by Crippen LogP contribution is -2.36. The summed E-state index contributed by atoms with van der Waals surface area (Å²) in [6, 6.07) is 3.78. The van der Waals surface area contributed by atoms with Crippen molar-refractivity contribution in [1.29, 1.82) is 0 Å². The third-order valence-corrected chi connectivity index (χ3v) is 5.62. The van der Waals surface area contributed by atoms with Crippen molar-refractivity contribution in [2.24, 2.45) is 5.73 Å². The van der Waals surface area contributed by atoms with Crippen LogP contribution in [0.5, 0.6) is 0 Å². The summed E-state index contributed by atoms with van der Waals surface area (Å²) in [4.78, 5) is 0.0754. The van der Waals surface area contributed by atoms with Gasteiger partial charge in [-0.2, -0.15) is 0 Å². The van der Waals surface area contributed by atoms with Gasteiger partial charge in [0.15, 0.2) is 0 Å². The number of benzene rings is 1. The minimum atomic E-state index is -3.78. The Hall–Kier alpha value is -0.540. The van der Waals surface area contributed by atoms with Crippen LogP contribution in [0.3, 0.4) is 0 Å². The fourth-order valence-electron chi connectivity index (χ4n) is 1.59. The molecule has 0 aliphatic heterocycles. The molecule has 3 N–H and O–H groups in total. The predicted molar refractivity (Wildman–Crippen MR) is 86.1 cm³/mol. The molecule has 9 heteroatoms. The smallest absolute Gasteiger partial charge is 0.242 e. The molecule has 0 saturated heterocycles. The second-order valence-electron chi connectivity index (χ2n) is 4.27. The lowest BCUT2D eigenvalue weighted by molar-refractivity contribution is 0.570. The van der Waals surface area contributed by atoms with E-state index in [1.807, 2.05) is 0 Å². The molecule has 1 rings (SSSR count). The minimum absolute atomic E-state index is 0.0348. The van der Waals surface area contributed by atoms with Gasteiger partial charge in [-0.05, 0) is 19.1 Å². The van der Waals surface area contributed by atoms with Crippen LogP contribution in [-0.2, 0) is 20.8 Å². The molecule has 2 atom stereocenters. The van der Waals surface area contributed by atoms with Gasteiger partial charge in [0.25, 0.3) is 0 Å². The summed E-state index contributed by atoms with van der Waals surface area (Å²) in [7, 11) is -4.87. The molecule has 0 aliphatic carbocycles. The monoisotopic (exact) mass is 354 g/mol. The highest BCUT2D eigenvalue weighted by Crippen LogP contribution is 2.22. The van der Waals surface area contributed by atoms with E-state index in [0.29, 0.717) is 5.56 Å². The van der Waals surface area contributed by atoms with E-state index in [-0.39, 0.29) is 20.7 Å². The Morgan fingerprint density at radius 1 is 1.55 bits per heavy atom. The molecule has 20 heavy (non-hydrogen) atoms. The van der Waals surface area contributed by atoms with Crippen molar-refractivity contribution in [2.75, 3.05) is 12.0 Å². The molecule has 112 valence electrons. The number of halogens is 1. The van der Waals surface area contributed by atoms with Crippen LogP contribution in [0.1, 0.15) is 12.5 Å². The summed E-state index contributed by atoms with van der Waals surface area (Å²) in [6.07, 6.45) is 1.51. The maximum absolute atomic E-state index is 12.2. The van der Waals surface area contributed by atoms with E-state index < -0.39 is 26.9 Å². The summed E-state index contributed by atoms with van der Waals surface area (Å²) in [5.41, 5.74) is 5.94. The first-order chi connectivity index (χ1) is 9.13. The lowest BCUT2D eigenvalue weighted by atomic mass is 10.2. The molecule has 0 aromatic heterocycles. The standard InChI is InChI=1S/C11H15ClN2O3S3/c1-7(6-19(2)15)14-20(16,17)10-4-3-8(11(13)18)5-9(10)12/h3-5,7,14H,6H2,1-2H3,(H2,13,18). The van der Waals surface area contributed by atoms with Gasteiger partial charge in [-0.25, -0.2) is 13.1 Å². The molecule has 0 amide bonds. The minimum Gasteiger partial charge on any atom is -0.389 e. The van der Waals surface area contributed by atoms with Gasteiger partial charge in [0.2, 0.25) is 10.0 Å². The molecule has 0 radical (unpaired) electrons. The zero-order valence-corrected chi connectivity index (χ0v) is 14.1. The first-order valence-corrected chi connectivity index (χ1v) is 9.55. The zero-order chi connectivity index (χ0) is 15.5. The van der Waals surface area contributed by atoms with Crippen molar-refractivity contribution in [3.8, 4) is 0 Å². The molecule has 0 heterocycles. The Kier molecular flexibility index (Phi) is 6.08. The summed E-state index contributed by atoms with van der Waals surface area (Å²) >= 11 is 10.7. The summed E-state index contributed by atoms with van der Waals surface area (Å²) in [6.45, 7) is 1.64. The average Bonchev–Trinajstić information content (AvgIpc) is 2.25. The van der Waals surface area contributed by atoms with Gasteiger partial charge in [-0.3, -0.25) is 4.21 Å². The van der Waals surface area contributed by atoms with Crippen molar-refractivity contribution < 1.29 is 12.6 Å². The normalized spacial score (nSPS) is 14.8. The molecule has 0 bridgehead atoms. The number of rotatable bonds is 6. The SMILES string of the molecule is CC(CS(C)=O)NS(=O)(=O)c1ccc(C(N)=S)cc1Cl. The van der Waals surface area contributed by atoms with Gasteiger partial charge in [-0.1, -0.05) is 29.9 Å². The Morgan fingerprint density at radius 2 is 2.15 bits per heavy atom. The van der Waals surface area contributed by atoms with E-state index in [1.165, 1.54) is 24.5 Å². The van der Waals surface area contributed by atoms with Crippen molar-refractivity contribution in [1.82, 2.24) is 4.72 Å². The quantitative estimate of drug-likeness (QED) is 0.744. The number of thiocarbonyl (C=S) groups is 1. The highest BCUT2D eigenvalue weighted by Gasteiger charge is 2.21. The Bertz CT molecular complexity index is 646. The van der Waals surface area contributed by atoms with E-state index >= 15 is 0 Å². The third kappa shape index (κ3) is 4.78. The Labute approximate surface area is 131 Å². The van der Waals surface area contributed by atoms with E-state index in [0.717, 1.165) is 0 Å². The molecule has 1 aromatic rings. The van der Waals surface area contributed by atoms with Crippen LogP contribution >= 0.6 is 23.8 Å². The summed E-state index contributed by atoms with van der Waals surface area (Å²) < 4.78 is 37.8. The maximum atomic E-state index is 12.2. The van der Waals surface area contributed by atoms with Crippen LogP contribution in [0.15, 0.2) is 23.1 Å². The second kappa shape index (κ2) is 6.95. The van der Waals surface area contributed by atoms with Gasteiger partial charge in [-0.15, -0.1) is 0 Å². The van der Waals surface area contributed by atoms with Gasteiger partial charge < -0.3 is 5.73 Å². The molecular formula is C11H15ClN2O3S3. The molecule has 2 unspecified atom stereocenters. The van der Waals surface area contributed by atoms with Crippen LogP contribution in [0.4, 0.5) is 0 Å². The second-order valence-corrected chi connectivity index (χ2v) is 8.28. The summed E-state index contributed by atoms with van der Waals surface area (Å²) in [5.74, 6) is 0.224. The Morgan fingerprint density at radius 3 is 2.60 bits per heavy atom. The fraction of sp³-hybridized carbons (Fsp3) is 0.364. The molecule has 0 aliphatic rings. The van der Waals surface area contributed by atoms with Gasteiger partial charge in [0, 0.05) is 34.4 Å². The maximum Gasteiger partial charge on any atom is 0.242 e. The van der Waals surface area contributed by atoms with Crippen LogP contribution in [0.2, 0.25) is 5.02 Å². The van der Waals surface area contributed by atoms with Gasteiger partial charge in [0.1, 0.15) is 9.88 Å².